The van der Waals surface area contributed by atoms with Crippen LogP contribution >= 0.6 is 0 Å². The predicted octanol–water partition coefficient (Wildman–Crippen LogP) is 1.52. The van der Waals surface area contributed by atoms with Crippen molar-refractivity contribution in [2.45, 2.75) is 13.3 Å². The van der Waals surface area contributed by atoms with Gasteiger partial charge in [-0.25, -0.2) is 0 Å². The SMILES string of the molecule is COC(=O)CC(=O)N(C)c1ccccc1C. The van der Waals surface area contributed by atoms with Crippen LogP contribution in [0.15, 0.2) is 24.3 Å². The monoisotopic (exact) mass is 221 g/mol. The summed E-state index contributed by atoms with van der Waals surface area (Å²) in [5, 5.41) is 0. The molecule has 0 radical (unpaired) electrons. The van der Waals surface area contributed by atoms with Crippen LogP contribution < -0.4 is 4.90 Å². The van der Waals surface area contributed by atoms with Gasteiger partial charge in [-0.05, 0) is 18.6 Å². The molecule has 0 atom stereocenters. The van der Waals surface area contributed by atoms with Crippen LogP contribution in [0.3, 0.4) is 0 Å². The molecule has 1 aromatic rings. The summed E-state index contributed by atoms with van der Waals surface area (Å²) in [7, 11) is 2.91. The molecular formula is C12H15NO3. The first-order chi connectivity index (χ1) is 7.56. The number of aryl methyl sites for hydroxylation is 1. The van der Waals surface area contributed by atoms with E-state index in [0.717, 1.165) is 11.3 Å². The molecule has 4 heteroatoms. The molecule has 1 amide bonds. The highest BCUT2D eigenvalue weighted by atomic mass is 16.5. The maximum absolute atomic E-state index is 11.7. The van der Waals surface area contributed by atoms with Crippen LogP contribution in [-0.4, -0.2) is 26.0 Å². The highest BCUT2D eigenvalue weighted by molar-refractivity contribution is 6.03. The van der Waals surface area contributed by atoms with E-state index >= 15 is 0 Å². The van der Waals surface area contributed by atoms with Crippen LogP contribution in [-0.2, 0) is 14.3 Å². The second-order valence-corrected chi connectivity index (χ2v) is 3.49. The number of carbonyl (C=O) groups is 2. The quantitative estimate of drug-likeness (QED) is 0.574. The fourth-order valence-corrected chi connectivity index (χ4v) is 1.39. The Morgan fingerprint density at radius 3 is 2.50 bits per heavy atom. The molecule has 0 saturated carbocycles. The Hall–Kier alpha value is -1.84. The third kappa shape index (κ3) is 2.82. The third-order valence-electron chi connectivity index (χ3n) is 2.37. The van der Waals surface area contributed by atoms with Crippen molar-refractivity contribution in [1.82, 2.24) is 0 Å². The first-order valence-corrected chi connectivity index (χ1v) is 4.95. The molecule has 4 nitrogen and oxygen atoms in total. The predicted molar refractivity (Wildman–Crippen MR) is 61.2 cm³/mol. The molecule has 0 aromatic heterocycles. The minimum absolute atomic E-state index is 0.235. The smallest absolute Gasteiger partial charge is 0.315 e. The molecule has 0 heterocycles. The Balaban J connectivity index is 2.78. The molecule has 16 heavy (non-hydrogen) atoms. The summed E-state index contributed by atoms with van der Waals surface area (Å²) in [5.41, 5.74) is 1.79. The first kappa shape index (κ1) is 12.2. The zero-order chi connectivity index (χ0) is 12.1. The van der Waals surface area contributed by atoms with Gasteiger partial charge >= 0.3 is 5.97 Å². The van der Waals surface area contributed by atoms with E-state index < -0.39 is 5.97 Å². The van der Waals surface area contributed by atoms with Crippen molar-refractivity contribution in [2.24, 2.45) is 0 Å². The molecule has 1 rings (SSSR count). The number of amides is 1. The molecule has 86 valence electrons. The summed E-state index contributed by atoms with van der Waals surface area (Å²) in [6.45, 7) is 1.91. The van der Waals surface area contributed by atoms with Gasteiger partial charge in [0.05, 0.1) is 7.11 Å². The Bertz CT molecular complexity index is 401. The molecular weight excluding hydrogens is 206 g/mol. The van der Waals surface area contributed by atoms with Crippen molar-refractivity contribution in [3.05, 3.63) is 29.8 Å². The van der Waals surface area contributed by atoms with E-state index in [2.05, 4.69) is 4.74 Å². The number of nitrogens with zero attached hydrogens (tertiary/aromatic N) is 1. The number of para-hydroxylation sites is 1. The van der Waals surface area contributed by atoms with E-state index in [0.29, 0.717) is 0 Å². The average molecular weight is 221 g/mol. The minimum atomic E-state index is -0.523. The van der Waals surface area contributed by atoms with Crippen LogP contribution in [0.25, 0.3) is 0 Å². The van der Waals surface area contributed by atoms with Gasteiger partial charge in [0.1, 0.15) is 6.42 Å². The fraction of sp³-hybridized carbons (Fsp3) is 0.333. The average Bonchev–Trinajstić information content (AvgIpc) is 2.28. The number of hydrogen-bond acceptors (Lipinski definition) is 3. The Labute approximate surface area is 94.8 Å². The van der Waals surface area contributed by atoms with Gasteiger partial charge < -0.3 is 9.64 Å². The van der Waals surface area contributed by atoms with Gasteiger partial charge in [-0.2, -0.15) is 0 Å². The normalized spacial score (nSPS) is 9.69. The fourth-order valence-electron chi connectivity index (χ4n) is 1.39. The molecule has 0 fully saturated rings. The Morgan fingerprint density at radius 1 is 1.31 bits per heavy atom. The number of hydrogen-bond donors (Lipinski definition) is 0. The molecule has 0 spiro atoms. The first-order valence-electron chi connectivity index (χ1n) is 4.95. The zero-order valence-corrected chi connectivity index (χ0v) is 9.69. The van der Waals surface area contributed by atoms with Crippen LogP contribution in [0.4, 0.5) is 5.69 Å². The standard InChI is InChI=1S/C12H15NO3/c1-9-6-4-5-7-10(9)13(2)11(14)8-12(15)16-3/h4-7H,8H2,1-3H3. The molecule has 1 aromatic carbocycles. The van der Waals surface area contributed by atoms with Crippen molar-refractivity contribution in [3.8, 4) is 0 Å². The van der Waals surface area contributed by atoms with E-state index in [4.69, 9.17) is 0 Å². The maximum atomic E-state index is 11.7. The van der Waals surface area contributed by atoms with Crippen LogP contribution in [0.5, 0.6) is 0 Å². The summed E-state index contributed by atoms with van der Waals surface area (Å²) in [6, 6.07) is 7.50. The molecule has 0 aliphatic rings. The second kappa shape index (κ2) is 5.30. The van der Waals surface area contributed by atoms with E-state index in [9.17, 15) is 9.59 Å². The molecule has 0 aliphatic heterocycles. The van der Waals surface area contributed by atoms with Gasteiger partial charge in [0.2, 0.25) is 5.91 Å². The van der Waals surface area contributed by atoms with Gasteiger partial charge in [0.25, 0.3) is 0 Å². The van der Waals surface area contributed by atoms with Crippen molar-refractivity contribution in [2.75, 3.05) is 19.1 Å². The van der Waals surface area contributed by atoms with E-state index in [1.54, 1.807) is 7.05 Å². The summed E-state index contributed by atoms with van der Waals surface area (Å²) in [4.78, 5) is 24.1. The van der Waals surface area contributed by atoms with Crippen molar-refractivity contribution in [1.29, 1.82) is 0 Å². The van der Waals surface area contributed by atoms with Crippen LogP contribution in [0.2, 0.25) is 0 Å². The van der Waals surface area contributed by atoms with Crippen molar-refractivity contribution < 1.29 is 14.3 Å². The van der Waals surface area contributed by atoms with Crippen molar-refractivity contribution in [3.63, 3.8) is 0 Å². The van der Waals surface area contributed by atoms with E-state index in [-0.39, 0.29) is 12.3 Å². The number of methoxy groups -OCH3 is 1. The molecule has 0 N–H and O–H groups in total. The van der Waals surface area contributed by atoms with Gasteiger partial charge in [-0.1, -0.05) is 18.2 Å². The zero-order valence-electron chi connectivity index (χ0n) is 9.69. The molecule has 0 bridgehead atoms. The molecule has 0 unspecified atom stereocenters. The van der Waals surface area contributed by atoms with Gasteiger partial charge in [-0.15, -0.1) is 0 Å². The number of esters is 1. The highest BCUT2D eigenvalue weighted by Gasteiger charge is 2.16. The lowest BCUT2D eigenvalue weighted by molar-refractivity contribution is -0.143. The highest BCUT2D eigenvalue weighted by Crippen LogP contribution is 2.18. The lowest BCUT2D eigenvalue weighted by Gasteiger charge is -2.18. The van der Waals surface area contributed by atoms with E-state index in [1.165, 1.54) is 12.0 Å². The summed E-state index contributed by atoms with van der Waals surface area (Å²) >= 11 is 0. The molecule has 0 saturated heterocycles. The number of carbonyl (C=O) groups excluding carboxylic acids is 2. The van der Waals surface area contributed by atoms with Gasteiger partial charge in [0.15, 0.2) is 0 Å². The molecule has 0 aliphatic carbocycles. The van der Waals surface area contributed by atoms with Crippen LogP contribution in [0.1, 0.15) is 12.0 Å². The topological polar surface area (TPSA) is 46.6 Å². The van der Waals surface area contributed by atoms with Gasteiger partial charge in [-0.3, -0.25) is 9.59 Å². The lowest BCUT2D eigenvalue weighted by Crippen LogP contribution is -2.29. The third-order valence-corrected chi connectivity index (χ3v) is 2.37. The lowest BCUT2D eigenvalue weighted by atomic mass is 10.2. The van der Waals surface area contributed by atoms with Crippen molar-refractivity contribution >= 4 is 17.6 Å². The largest absolute Gasteiger partial charge is 0.469 e. The number of rotatable bonds is 3. The van der Waals surface area contributed by atoms with E-state index in [1.807, 2.05) is 31.2 Å². The summed E-state index contributed by atoms with van der Waals surface area (Å²) in [5.74, 6) is -0.799. The maximum Gasteiger partial charge on any atom is 0.315 e. The Morgan fingerprint density at radius 2 is 1.94 bits per heavy atom. The minimum Gasteiger partial charge on any atom is -0.469 e. The summed E-state index contributed by atoms with van der Waals surface area (Å²) in [6.07, 6.45) is -0.235. The summed E-state index contributed by atoms with van der Waals surface area (Å²) < 4.78 is 4.45. The Kier molecular flexibility index (Phi) is 4.05. The second-order valence-electron chi connectivity index (χ2n) is 3.49. The van der Waals surface area contributed by atoms with Gasteiger partial charge in [0, 0.05) is 12.7 Å². The number of benzene rings is 1. The number of ether oxygens (including phenoxy) is 1. The number of anilines is 1. The van der Waals surface area contributed by atoms with Crippen LogP contribution in [0, 0.1) is 6.92 Å².